The predicted molar refractivity (Wildman–Crippen MR) is 111 cm³/mol. The van der Waals surface area contributed by atoms with E-state index in [1.165, 1.54) is 30.5 Å². The summed E-state index contributed by atoms with van der Waals surface area (Å²) in [6.07, 6.45) is 1.33. The maximum absolute atomic E-state index is 13.7. The molecule has 1 aromatic heterocycles. The highest BCUT2D eigenvalue weighted by Gasteiger charge is 2.20. The lowest BCUT2D eigenvalue weighted by Crippen LogP contribution is -2.35. The molecule has 3 amide bonds. The first-order valence-electron chi connectivity index (χ1n) is 8.38. The summed E-state index contributed by atoms with van der Waals surface area (Å²) in [7, 11) is 0. The molecule has 2 N–H and O–H groups in total. The monoisotopic (exact) mass is 506 g/mol. The lowest BCUT2D eigenvalue weighted by Gasteiger charge is -2.12. The van der Waals surface area contributed by atoms with Crippen molar-refractivity contribution in [2.24, 2.45) is 0 Å². The number of nitrogens with one attached hydrogen (secondary N) is 2. The van der Waals surface area contributed by atoms with Crippen molar-refractivity contribution in [1.82, 2.24) is 10.3 Å². The molecule has 7 nitrogen and oxygen atoms in total. The van der Waals surface area contributed by atoms with Crippen LogP contribution >= 0.6 is 27.5 Å². The van der Waals surface area contributed by atoms with Crippen molar-refractivity contribution < 1.29 is 23.1 Å². The van der Waals surface area contributed by atoms with Crippen LogP contribution in [0.2, 0.25) is 5.02 Å². The minimum absolute atomic E-state index is 0.0855. The van der Waals surface area contributed by atoms with Gasteiger partial charge < -0.3 is 10.1 Å². The number of hydrogen-bond donors (Lipinski definition) is 2. The highest BCUT2D eigenvalue weighted by Crippen LogP contribution is 2.38. The van der Waals surface area contributed by atoms with Crippen LogP contribution in [0.25, 0.3) is 0 Å². The normalized spacial score (nSPS) is 10.2. The van der Waals surface area contributed by atoms with Crippen LogP contribution in [-0.2, 0) is 0 Å². The molecule has 3 aromatic rings. The van der Waals surface area contributed by atoms with Crippen LogP contribution < -0.4 is 15.4 Å². The van der Waals surface area contributed by atoms with E-state index in [-0.39, 0.29) is 22.3 Å². The molecule has 0 radical (unpaired) electrons. The van der Waals surface area contributed by atoms with Gasteiger partial charge in [0.05, 0.1) is 15.1 Å². The van der Waals surface area contributed by atoms with Crippen molar-refractivity contribution in [2.75, 3.05) is 5.32 Å². The summed E-state index contributed by atoms with van der Waals surface area (Å²) >= 11 is 9.45. The van der Waals surface area contributed by atoms with Gasteiger partial charge in [0.1, 0.15) is 23.3 Å². The summed E-state index contributed by atoms with van der Waals surface area (Å²) in [6, 6.07) is 9.55. The van der Waals surface area contributed by atoms with E-state index in [4.69, 9.17) is 21.6 Å². The Hall–Kier alpha value is -3.55. The smallest absolute Gasteiger partial charge is 0.326 e. The molecule has 11 heteroatoms. The van der Waals surface area contributed by atoms with Crippen molar-refractivity contribution in [2.45, 2.75) is 0 Å². The Morgan fingerprint density at radius 3 is 2.45 bits per heavy atom. The fourth-order valence-corrected chi connectivity index (χ4v) is 3.30. The number of nitriles is 1. The quantitative estimate of drug-likeness (QED) is 0.492. The third kappa shape index (κ3) is 5.33. The Labute approximate surface area is 187 Å². The number of aromatic nitrogens is 1. The van der Waals surface area contributed by atoms with E-state index in [0.29, 0.717) is 10.0 Å². The van der Waals surface area contributed by atoms with Gasteiger partial charge >= 0.3 is 6.03 Å². The Morgan fingerprint density at radius 2 is 1.87 bits per heavy atom. The number of imide groups is 1. The highest BCUT2D eigenvalue weighted by molar-refractivity contribution is 9.10. The summed E-state index contributed by atoms with van der Waals surface area (Å²) in [4.78, 5) is 28.0. The number of rotatable bonds is 4. The largest absolute Gasteiger partial charge is 0.436 e. The number of hydrogen-bond acceptors (Lipinski definition) is 5. The number of carbonyl (C=O) groups is 2. The molecule has 0 spiro atoms. The van der Waals surface area contributed by atoms with Gasteiger partial charge in [0.15, 0.2) is 5.75 Å². The number of ether oxygens (including phenoxy) is 1. The van der Waals surface area contributed by atoms with Gasteiger partial charge in [0.25, 0.3) is 5.91 Å². The third-order valence-corrected chi connectivity index (χ3v) is 4.61. The van der Waals surface area contributed by atoms with Gasteiger partial charge in [-0.3, -0.25) is 10.1 Å². The minimum Gasteiger partial charge on any atom is -0.436 e. The van der Waals surface area contributed by atoms with Crippen molar-refractivity contribution in [3.8, 4) is 17.7 Å². The Morgan fingerprint density at radius 1 is 1.16 bits per heavy atom. The number of urea groups is 1. The van der Waals surface area contributed by atoms with Gasteiger partial charge in [0, 0.05) is 18.0 Å². The molecule has 1 heterocycles. The lowest BCUT2D eigenvalue weighted by atomic mass is 10.2. The fraction of sp³-hybridized carbons (Fsp3) is 0. The zero-order chi connectivity index (χ0) is 22.5. The molecule has 156 valence electrons. The fourth-order valence-electron chi connectivity index (χ4n) is 2.38. The third-order valence-electron chi connectivity index (χ3n) is 3.75. The van der Waals surface area contributed by atoms with Crippen molar-refractivity contribution >= 4 is 45.2 Å². The second-order valence-corrected chi connectivity index (χ2v) is 7.13. The first-order valence-corrected chi connectivity index (χ1v) is 9.55. The topological polar surface area (TPSA) is 104 Å². The zero-order valence-corrected chi connectivity index (χ0v) is 17.6. The van der Waals surface area contributed by atoms with E-state index >= 15 is 0 Å². The Balaban J connectivity index is 1.71. The molecular weight excluding hydrogens is 498 g/mol. The van der Waals surface area contributed by atoms with E-state index in [2.05, 4.69) is 26.2 Å². The SMILES string of the molecule is N#Cc1ccc(Oc2c(Cl)cc(NC(=O)NC(=O)c3c(F)cccc3F)cc2Br)nc1. The van der Waals surface area contributed by atoms with Crippen LogP contribution in [0.3, 0.4) is 0 Å². The standard InChI is InChI=1S/C20H10BrClF2N4O3/c21-12-6-11(7-13(22)18(12)31-16-5-4-10(8-25)9-26-16)27-20(30)28-19(29)17-14(23)2-1-3-15(17)24/h1-7,9H,(H2,27,28,29,30). The molecule has 0 aliphatic rings. The maximum atomic E-state index is 13.7. The summed E-state index contributed by atoms with van der Waals surface area (Å²) in [5.74, 6) is -3.08. The van der Waals surface area contributed by atoms with Crippen LogP contribution in [0, 0.1) is 23.0 Å². The summed E-state index contributed by atoms with van der Waals surface area (Å²) < 4.78 is 33.2. The first kappa shape index (κ1) is 22.1. The number of halogens is 4. The molecule has 0 unspecified atom stereocenters. The van der Waals surface area contributed by atoms with Crippen LogP contribution in [0.4, 0.5) is 19.3 Å². The second kappa shape index (κ2) is 9.51. The molecule has 0 fully saturated rings. The van der Waals surface area contributed by atoms with Gasteiger partial charge in [-0.15, -0.1) is 0 Å². The maximum Gasteiger partial charge on any atom is 0.326 e. The van der Waals surface area contributed by atoms with Gasteiger partial charge in [-0.25, -0.2) is 18.6 Å². The molecule has 0 saturated heterocycles. The van der Waals surface area contributed by atoms with Crippen LogP contribution in [0.15, 0.2) is 53.1 Å². The number of pyridine rings is 1. The number of anilines is 1. The lowest BCUT2D eigenvalue weighted by molar-refractivity contribution is 0.0959. The Bertz CT molecular complexity index is 1170. The minimum atomic E-state index is -1.25. The molecule has 0 bridgehead atoms. The molecular formula is C20H10BrClF2N4O3. The molecule has 0 saturated carbocycles. The molecule has 3 rings (SSSR count). The molecule has 31 heavy (non-hydrogen) atoms. The second-order valence-electron chi connectivity index (χ2n) is 5.87. The average molecular weight is 508 g/mol. The van der Waals surface area contributed by atoms with Crippen molar-refractivity contribution in [3.05, 3.63) is 80.9 Å². The van der Waals surface area contributed by atoms with Crippen LogP contribution in [-0.4, -0.2) is 16.9 Å². The van der Waals surface area contributed by atoms with E-state index in [1.54, 1.807) is 0 Å². The predicted octanol–water partition coefficient (Wildman–Crippen LogP) is 5.40. The van der Waals surface area contributed by atoms with Crippen molar-refractivity contribution in [1.29, 1.82) is 5.26 Å². The molecule has 0 aliphatic carbocycles. The summed E-state index contributed by atoms with van der Waals surface area (Å²) in [5.41, 5.74) is -0.361. The average Bonchev–Trinajstić information content (AvgIpc) is 2.71. The van der Waals surface area contributed by atoms with E-state index in [9.17, 15) is 18.4 Å². The molecule has 0 atom stereocenters. The summed E-state index contributed by atoms with van der Waals surface area (Å²) in [5, 5.41) is 13.1. The number of amides is 3. The molecule has 0 aliphatic heterocycles. The van der Waals surface area contributed by atoms with Crippen molar-refractivity contribution in [3.63, 3.8) is 0 Å². The van der Waals surface area contributed by atoms with E-state index in [1.807, 2.05) is 11.4 Å². The van der Waals surface area contributed by atoms with Crippen LogP contribution in [0.1, 0.15) is 15.9 Å². The number of carbonyl (C=O) groups excluding carboxylic acids is 2. The first-order chi connectivity index (χ1) is 14.8. The number of nitrogens with zero attached hydrogens (tertiary/aromatic N) is 2. The number of benzene rings is 2. The van der Waals surface area contributed by atoms with Gasteiger partial charge in [-0.05, 0) is 46.3 Å². The highest BCUT2D eigenvalue weighted by atomic mass is 79.9. The summed E-state index contributed by atoms with van der Waals surface area (Å²) in [6.45, 7) is 0. The zero-order valence-electron chi connectivity index (χ0n) is 15.2. The van der Waals surface area contributed by atoms with Gasteiger partial charge in [0.2, 0.25) is 5.88 Å². The Kier molecular flexibility index (Phi) is 6.79. The van der Waals surface area contributed by atoms with Gasteiger partial charge in [-0.2, -0.15) is 5.26 Å². The van der Waals surface area contributed by atoms with E-state index < -0.39 is 29.1 Å². The van der Waals surface area contributed by atoms with Gasteiger partial charge in [-0.1, -0.05) is 17.7 Å². The van der Waals surface area contributed by atoms with E-state index in [0.717, 1.165) is 18.2 Å². The molecule has 2 aromatic carbocycles. The van der Waals surface area contributed by atoms with Crippen LogP contribution in [0.5, 0.6) is 11.6 Å².